The number of hydrogen-bond acceptors (Lipinski definition) is 6. The van der Waals surface area contributed by atoms with Crippen LogP contribution >= 0.6 is 11.6 Å². The van der Waals surface area contributed by atoms with Crippen molar-refractivity contribution in [1.82, 2.24) is 5.32 Å². The zero-order valence-corrected chi connectivity index (χ0v) is 17.4. The van der Waals surface area contributed by atoms with Crippen LogP contribution in [0.5, 0.6) is 17.2 Å². The summed E-state index contributed by atoms with van der Waals surface area (Å²) in [5, 5.41) is 2.87. The van der Waals surface area contributed by atoms with Gasteiger partial charge in [0.25, 0.3) is 5.91 Å². The molecule has 8 nitrogen and oxygen atoms in total. The smallest absolute Gasteiger partial charge is 0.253 e. The van der Waals surface area contributed by atoms with E-state index >= 15 is 0 Å². The minimum atomic E-state index is -3.44. The first-order valence-electron chi connectivity index (χ1n) is 8.03. The SMILES string of the molecule is COc1ccc(CNC(=O)c2ccc(NS(C)(=O)=O)cc2Cl)c(OC)c1OC. The van der Waals surface area contributed by atoms with E-state index in [1.54, 1.807) is 12.1 Å². The molecule has 0 heterocycles. The van der Waals surface area contributed by atoms with Crippen molar-refractivity contribution < 1.29 is 27.4 Å². The van der Waals surface area contributed by atoms with E-state index in [-0.39, 0.29) is 22.8 Å². The van der Waals surface area contributed by atoms with E-state index in [1.165, 1.54) is 39.5 Å². The van der Waals surface area contributed by atoms with E-state index in [0.29, 0.717) is 22.8 Å². The minimum absolute atomic E-state index is 0.116. The average molecular weight is 429 g/mol. The summed E-state index contributed by atoms with van der Waals surface area (Å²) in [6.45, 7) is 0.155. The Labute approximate surface area is 168 Å². The van der Waals surface area contributed by atoms with Crippen molar-refractivity contribution in [3.8, 4) is 17.2 Å². The summed E-state index contributed by atoms with van der Waals surface area (Å²) >= 11 is 6.12. The van der Waals surface area contributed by atoms with Crippen LogP contribution in [-0.2, 0) is 16.6 Å². The van der Waals surface area contributed by atoms with E-state index in [0.717, 1.165) is 6.26 Å². The Morgan fingerprint density at radius 1 is 1.04 bits per heavy atom. The highest BCUT2D eigenvalue weighted by Crippen LogP contribution is 2.39. The quantitative estimate of drug-likeness (QED) is 0.670. The van der Waals surface area contributed by atoms with Crippen molar-refractivity contribution in [1.29, 1.82) is 0 Å². The zero-order chi connectivity index (χ0) is 20.9. The Balaban J connectivity index is 2.18. The number of benzene rings is 2. The van der Waals surface area contributed by atoms with E-state index in [4.69, 9.17) is 25.8 Å². The molecular formula is C18H21ClN2O6S. The Morgan fingerprint density at radius 2 is 1.71 bits per heavy atom. The highest BCUT2D eigenvalue weighted by atomic mass is 35.5. The predicted molar refractivity (Wildman–Crippen MR) is 107 cm³/mol. The van der Waals surface area contributed by atoms with Crippen LogP contribution in [0, 0.1) is 0 Å². The highest BCUT2D eigenvalue weighted by Gasteiger charge is 2.17. The molecule has 0 fully saturated rings. The third-order valence-corrected chi connectivity index (χ3v) is 4.66. The van der Waals surface area contributed by atoms with Crippen molar-refractivity contribution in [2.75, 3.05) is 32.3 Å². The van der Waals surface area contributed by atoms with Crippen LogP contribution < -0.4 is 24.2 Å². The molecule has 0 aliphatic rings. The number of amides is 1. The van der Waals surface area contributed by atoms with Crippen LogP contribution in [0.4, 0.5) is 5.69 Å². The number of carbonyl (C=O) groups excluding carboxylic acids is 1. The van der Waals surface area contributed by atoms with Gasteiger partial charge in [0.15, 0.2) is 11.5 Å². The van der Waals surface area contributed by atoms with E-state index in [9.17, 15) is 13.2 Å². The Bertz CT molecular complexity index is 978. The maximum Gasteiger partial charge on any atom is 0.253 e. The first-order chi connectivity index (χ1) is 13.2. The van der Waals surface area contributed by atoms with Gasteiger partial charge >= 0.3 is 0 Å². The number of sulfonamides is 1. The topological polar surface area (TPSA) is 103 Å². The fourth-order valence-electron chi connectivity index (χ4n) is 2.55. The fraction of sp³-hybridized carbons (Fsp3) is 0.278. The number of methoxy groups -OCH3 is 3. The molecular weight excluding hydrogens is 408 g/mol. The van der Waals surface area contributed by atoms with Crippen LogP contribution in [0.25, 0.3) is 0 Å². The molecule has 10 heteroatoms. The van der Waals surface area contributed by atoms with E-state index in [1.807, 2.05) is 0 Å². The summed E-state index contributed by atoms with van der Waals surface area (Å²) in [5.41, 5.74) is 1.16. The number of nitrogens with one attached hydrogen (secondary N) is 2. The van der Waals surface area contributed by atoms with Gasteiger partial charge in [0.1, 0.15) is 0 Å². The fourth-order valence-corrected chi connectivity index (χ4v) is 3.37. The first kappa shape index (κ1) is 21.6. The second-order valence-corrected chi connectivity index (χ2v) is 7.90. The summed E-state index contributed by atoms with van der Waals surface area (Å²) in [5.74, 6) is 0.950. The highest BCUT2D eigenvalue weighted by molar-refractivity contribution is 7.92. The molecule has 0 aliphatic heterocycles. The molecule has 2 N–H and O–H groups in total. The molecule has 0 aliphatic carbocycles. The van der Waals surface area contributed by atoms with Gasteiger partial charge in [0.2, 0.25) is 15.8 Å². The van der Waals surface area contributed by atoms with Gasteiger partial charge in [-0.05, 0) is 30.3 Å². The molecule has 2 aromatic rings. The molecule has 0 saturated heterocycles. The van der Waals surface area contributed by atoms with Gasteiger partial charge in [-0.1, -0.05) is 11.6 Å². The molecule has 0 saturated carbocycles. The third-order valence-electron chi connectivity index (χ3n) is 3.74. The standard InChI is InChI=1S/C18H21ClN2O6S/c1-25-15-8-5-11(16(26-2)17(15)27-3)10-20-18(22)13-7-6-12(9-14(13)19)21-28(4,23)24/h5-9,21H,10H2,1-4H3,(H,20,22). The Hall–Kier alpha value is -2.65. The lowest BCUT2D eigenvalue weighted by molar-refractivity contribution is 0.0950. The lowest BCUT2D eigenvalue weighted by Crippen LogP contribution is -2.23. The lowest BCUT2D eigenvalue weighted by atomic mass is 10.1. The monoisotopic (exact) mass is 428 g/mol. The average Bonchev–Trinajstić information content (AvgIpc) is 2.63. The van der Waals surface area contributed by atoms with Gasteiger partial charge in [-0.3, -0.25) is 9.52 Å². The molecule has 2 rings (SSSR count). The second-order valence-electron chi connectivity index (χ2n) is 5.74. The van der Waals surface area contributed by atoms with Crippen molar-refractivity contribution >= 4 is 33.2 Å². The van der Waals surface area contributed by atoms with Gasteiger partial charge in [-0.25, -0.2) is 8.42 Å². The zero-order valence-electron chi connectivity index (χ0n) is 15.8. The minimum Gasteiger partial charge on any atom is -0.493 e. The lowest BCUT2D eigenvalue weighted by Gasteiger charge is -2.16. The van der Waals surface area contributed by atoms with Gasteiger partial charge < -0.3 is 19.5 Å². The molecule has 0 unspecified atom stereocenters. The molecule has 0 bridgehead atoms. The van der Waals surface area contributed by atoms with Crippen molar-refractivity contribution in [3.63, 3.8) is 0 Å². The largest absolute Gasteiger partial charge is 0.493 e. The molecule has 2 aromatic carbocycles. The summed E-state index contributed by atoms with van der Waals surface area (Å²) in [6.07, 6.45) is 1.03. The van der Waals surface area contributed by atoms with Crippen LogP contribution in [0.1, 0.15) is 15.9 Å². The summed E-state index contributed by atoms with van der Waals surface area (Å²) in [7, 11) is 1.07. The van der Waals surface area contributed by atoms with Crippen LogP contribution in [0.3, 0.4) is 0 Å². The number of rotatable bonds is 8. The van der Waals surface area contributed by atoms with Crippen molar-refractivity contribution in [2.45, 2.75) is 6.54 Å². The third kappa shape index (κ3) is 5.20. The number of halogens is 1. The second kappa shape index (κ2) is 9.03. The van der Waals surface area contributed by atoms with Crippen LogP contribution in [0.2, 0.25) is 5.02 Å². The van der Waals surface area contributed by atoms with Crippen LogP contribution in [0.15, 0.2) is 30.3 Å². The number of hydrogen-bond donors (Lipinski definition) is 2. The van der Waals surface area contributed by atoms with Crippen LogP contribution in [-0.4, -0.2) is 41.9 Å². The number of anilines is 1. The van der Waals surface area contributed by atoms with Gasteiger partial charge in [-0.15, -0.1) is 0 Å². The molecule has 0 aromatic heterocycles. The Morgan fingerprint density at radius 3 is 2.25 bits per heavy atom. The molecule has 28 heavy (non-hydrogen) atoms. The number of ether oxygens (including phenoxy) is 3. The van der Waals surface area contributed by atoms with Crippen molar-refractivity contribution in [2.24, 2.45) is 0 Å². The van der Waals surface area contributed by atoms with Gasteiger partial charge in [0, 0.05) is 17.8 Å². The number of carbonyl (C=O) groups is 1. The van der Waals surface area contributed by atoms with E-state index in [2.05, 4.69) is 10.0 Å². The summed E-state index contributed by atoms with van der Waals surface area (Å²) in [6, 6.07) is 7.73. The molecule has 1 amide bonds. The summed E-state index contributed by atoms with van der Waals surface area (Å²) < 4.78 is 40.8. The van der Waals surface area contributed by atoms with Crippen molar-refractivity contribution in [3.05, 3.63) is 46.5 Å². The van der Waals surface area contributed by atoms with E-state index < -0.39 is 15.9 Å². The molecule has 0 spiro atoms. The normalized spacial score (nSPS) is 10.9. The molecule has 0 atom stereocenters. The van der Waals surface area contributed by atoms with Gasteiger partial charge in [0.05, 0.1) is 38.2 Å². The Kier molecular flexibility index (Phi) is 6.98. The maximum atomic E-state index is 12.5. The van der Waals surface area contributed by atoms with Gasteiger partial charge in [-0.2, -0.15) is 0 Å². The summed E-state index contributed by atoms with van der Waals surface area (Å²) in [4.78, 5) is 12.5. The first-order valence-corrected chi connectivity index (χ1v) is 10.3. The predicted octanol–water partition coefficient (Wildman–Crippen LogP) is 2.67. The molecule has 0 radical (unpaired) electrons. The maximum absolute atomic E-state index is 12.5. The molecule has 152 valence electrons.